The van der Waals surface area contributed by atoms with Crippen molar-refractivity contribution < 1.29 is 9.53 Å². The first-order valence-electron chi connectivity index (χ1n) is 4.95. The van der Waals surface area contributed by atoms with Crippen LogP contribution >= 0.6 is 15.9 Å². The average molecular weight is 274 g/mol. The second kappa shape index (κ2) is 7.40. The molecule has 0 amide bonds. The molecule has 0 aliphatic heterocycles. The minimum absolute atomic E-state index is 0.333. The van der Waals surface area contributed by atoms with Gasteiger partial charge in [0.1, 0.15) is 4.60 Å². The largest absolute Gasteiger partial charge is 0.462 e. The Morgan fingerprint density at radius 1 is 1.53 bits per heavy atom. The van der Waals surface area contributed by atoms with Gasteiger partial charge in [-0.1, -0.05) is 13.8 Å². The van der Waals surface area contributed by atoms with Crippen molar-refractivity contribution in [2.45, 2.75) is 27.7 Å². The Labute approximate surface area is 99.0 Å². The zero-order valence-electron chi connectivity index (χ0n) is 9.50. The van der Waals surface area contributed by atoms with Crippen molar-refractivity contribution in [2.75, 3.05) is 6.61 Å². The van der Waals surface area contributed by atoms with E-state index in [0.717, 1.165) is 5.56 Å². The Hall–Kier alpha value is -0.900. The van der Waals surface area contributed by atoms with E-state index in [-0.39, 0.29) is 5.97 Å². The van der Waals surface area contributed by atoms with E-state index in [4.69, 9.17) is 4.74 Å². The van der Waals surface area contributed by atoms with E-state index in [2.05, 4.69) is 20.9 Å². The van der Waals surface area contributed by atoms with Crippen LogP contribution in [0.3, 0.4) is 0 Å². The van der Waals surface area contributed by atoms with Crippen molar-refractivity contribution in [3.63, 3.8) is 0 Å². The Balaban J connectivity index is 0.000000921. The highest BCUT2D eigenvalue weighted by atomic mass is 79.9. The van der Waals surface area contributed by atoms with Crippen molar-refractivity contribution in [3.8, 4) is 0 Å². The van der Waals surface area contributed by atoms with Crippen molar-refractivity contribution in [1.29, 1.82) is 0 Å². The van der Waals surface area contributed by atoms with Crippen LogP contribution in [0.2, 0.25) is 0 Å². The lowest BCUT2D eigenvalue weighted by molar-refractivity contribution is 0.0524. The highest BCUT2D eigenvalue weighted by Crippen LogP contribution is 2.18. The van der Waals surface area contributed by atoms with E-state index >= 15 is 0 Å². The second-order valence-corrected chi connectivity index (χ2v) is 3.27. The molecule has 0 N–H and O–H groups in total. The number of halogens is 1. The maximum atomic E-state index is 11.4. The van der Waals surface area contributed by atoms with Gasteiger partial charge in [0.2, 0.25) is 0 Å². The summed E-state index contributed by atoms with van der Waals surface area (Å²) in [5.41, 5.74) is 1.37. The summed E-state index contributed by atoms with van der Waals surface area (Å²) >= 11 is 3.21. The fraction of sp³-hybridized carbons (Fsp3) is 0.455. The lowest BCUT2D eigenvalue weighted by atomic mass is 10.2. The number of esters is 1. The molecule has 0 aliphatic rings. The van der Waals surface area contributed by atoms with Crippen LogP contribution in [0.25, 0.3) is 0 Å². The molecular formula is C11H16BrNO2. The quantitative estimate of drug-likeness (QED) is 0.613. The third kappa shape index (κ3) is 4.00. The van der Waals surface area contributed by atoms with Crippen LogP contribution in [-0.2, 0) is 4.74 Å². The number of ether oxygens (including phenoxy) is 1. The number of rotatable bonds is 2. The molecule has 4 heteroatoms. The van der Waals surface area contributed by atoms with Crippen LogP contribution in [0.1, 0.15) is 36.7 Å². The molecule has 15 heavy (non-hydrogen) atoms. The number of hydrogen-bond acceptors (Lipinski definition) is 3. The zero-order valence-corrected chi connectivity index (χ0v) is 11.1. The highest BCUT2D eigenvalue weighted by Gasteiger charge is 2.14. The molecule has 0 aromatic carbocycles. The SMILES string of the molecule is CC.CCOC(=O)c1c(C)ccnc1Br. The van der Waals surface area contributed by atoms with Crippen molar-refractivity contribution in [3.05, 3.63) is 28.0 Å². The number of carbonyl (C=O) groups excluding carboxylic acids is 1. The predicted molar refractivity (Wildman–Crippen MR) is 64.0 cm³/mol. The van der Waals surface area contributed by atoms with Crippen LogP contribution in [-0.4, -0.2) is 17.6 Å². The maximum absolute atomic E-state index is 11.4. The third-order valence-corrected chi connectivity index (χ3v) is 2.19. The number of aromatic nitrogens is 1. The van der Waals surface area contributed by atoms with Gasteiger partial charge >= 0.3 is 5.97 Å². The monoisotopic (exact) mass is 273 g/mol. The molecule has 0 aliphatic carbocycles. The lowest BCUT2D eigenvalue weighted by Crippen LogP contribution is -2.08. The van der Waals surface area contributed by atoms with Crippen molar-refractivity contribution >= 4 is 21.9 Å². The fourth-order valence-corrected chi connectivity index (χ4v) is 1.57. The van der Waals surface area contributed by atoms with Gasteiger partial charge in [-0.05, 0) is 41.4 Å². The number of pyridine rings is 1. The summed E-state index contributed by atoms with van der Waals surface area (Å²) in [6.45, 7) is 8.00. The van der Waals surface area contributed by atoms with Crippen molar-refractivity contribution in [1.82, 2.24) is 4.98 Å². The summed E-state index contributed by atoms with van der Waals surface area (Å²) in [6, 6.07) is 1.77. The Kier molecular flexibility index (Phi) is 6.96. The van der Waals surface area contributed by atoms with Gasteiger partial charge in [-0.2, -0.15) is 0 Å². The molecule has 0 unspecified atom stereocenters. The summed E-state index contributed by atoms with van der Waals surface area (Å²) in [4.78, 5) is 15.4. The number of aryl methyl sites for hydroxylation is 1. The second-order valence-electron chi connectivity index (χ2n) is 2.51. The van der Waals surface area contributed by atoms with Gasteiger partial charge in [0, 0.05) is 6.20 Å². The average Bonchev–Trinajstić information content (AvgIpc) is 2.21. The minimum Gasteiger partial charge on any atom is -0.462 e. The van der Waals surface area contributed by atoms with Gasteiger partial charge in [0.25, 0.3) is 0 Å². The third-order valence-electron chi connectivity index (χ3n) is 1.59. The van der Waals surface area contributed by atoms with E-state index in [9.17, 15) is 4.79 Å². The molecule has 84 valence electrons. The first-order chi connectivity index (χ1) is 7.16. The van der Waals surface area contributed by atoms with Gasteiger partial charge in [0.15, 0.2) is 0 Å². The van der Waals surface area contributed by atoms with Crippen LogP contribution in [0.5, 0.6) is 0 Å². The first kappa shape index (κ1) is 14.1. The summed E-state index contributed by atoms with van der Waals surface area (Å²) < 4.78 is 5.41. The normalized spacial score (nSPS) is 8.87. The minimum atomic E-state index is -0.333. The van der Waals surface area contributed by atoms with Gasteiger partial charge in [-0.15, -0.1) is 0 Å². The Morgan fingerprint density at radius 3 is 2.60 bits per heavy atom. The molecule has 1 aromatic heterocycles. The highest BCUT2D eigenvalue weighted by molar-refractivity contribution is 9.10. The molecule has 0 bridgehead atoms. The van der Waals surface area contributed by atoms with Gasteiger partial charge in [-0.25, -0.2) is 9.78 Å². The number of carbonyl (C=O) groups is 1. The molecule has 0 saturated carbocycles. The van der Waals surface area contributed by atoms with E-state index < -0.39 is 0 Å². The molecule has 3 nitrogen and oxygen atoms in total. The molecule has 0 saturated heterocycles. The van der Waals surface area contributed by atoms with Crippen molar-refractivity contribution in [2.24, 2.45) is 0 Å². The van der Waals surface area contributed by atoms with Gasteiger partial charge in [-0.3, -0.25) is 0 Å². The summed E-state index contributed by atoms with van der Waals surface area (Å²) in [5, 5.41) is 0. The lowest BCUT2D eigenvalue weighted by Gasteiger charge is -2.05. The molecule has 0 spiro atoms. The summed E-state index contributed by atoms with van der Waals surface area (Å²) in [5.74, 6) is -0.333. The summed E-state index contributed by atoms with van der Waals surface area (Å²) in [6.07, 6.45) is 1.64. The van der Waals surface area contributed by atoms with E-state index in [1.807, 2.05) is 20.8 Å². The molecule has 1 rings (SSSR count). The number of nitrogens with zero attached hydrogens (tertiary/aromatic N) is 1. The topological polar surface area (TPSA) is 39.2 Å². The van der Waals surface area contributed by atoms with Gasteiger partial charge in [0.05, 0.1) is 12.2 Å². The first-order valence-corrected chi connectivity index (χ1v) is 5.74. The number of hydrogen-bond donors (Lipinski definition) is 0. The van der Waals surface area contributed by atoms with E-state index in [1.165, 1.54) is 0 Å². The molecular weight excluding hydrogens is 258 g/mol. The van der Waals surface area contributed by atoms with E-state index in [0.29, 0.717) is 16.8 Å². The van der Waals surface area contributed by atoms with Gasteiger partial charge < -0.3 is 4.74 Å². The smallest absolute Gasteiger partial charge is 0.341 e. The maximum Gasteiger partial charge on any atom is 0.341 e. The fourth-order valence-electron chi connectivity index (χ4n) is 0.974. The standard InChI is InChI=1S/C9H10BrNO2.C2H6/c1-3-13-9(12)7-6(2)4-5-11-8(7)10;1-2/h4-5H,3H2,1-2H3;1-2H3. The van der Waals surface area contributed by atoms with Crippen LogP contribution in [0.15, 0.2) is 16.9 Å². The van der Waals surface area contributed by atoms with Crippen LogP contribution in [0.4, 0.5) is 0 Å². The summed E-state index contributed by atoms with van der Waals surface area (Å²) in [7, 11) is 0. The van der Waals surface area contributed by atoms with E-state index in [1.54, 1.807) is 19.2 Å². The van der Waals surface area contributed by atoms with Crippen LogP contribution < -0.4 is 0 Å². The van der Waals surface area contributed by atoms with Crippen LogP contribution in [0, 0.1) is 6.92 Å². The Morgan fingerprint density at radius 2 is 2.13 bits per heavy atom. The Bertz CT molecular complexity index is 306. The molecule has 0 fully saturated rings. The molecule has 1 aromatic rings. The molecule has 0 radical (unpaired) electrons. The molecule has 1 heterocycles. The molecule has 0 atom stereocenters. The zero-order chi connectivity index (χ0) is 11.8. The predicted octanol–water partition coefficient (Wildman–Crippen LogP) is 3.36.